The summed E-state index contributed by atoms with van der Waals surface area (Å²) < 4.78 is 25.4. The van der Waals surface area contributed by atoms with Crippen LogP contribution in [-0.2, 0) is 14.8 Å². The number of amides is 1. The van der Waals surface area contributed by atoms with Crippen LogP contribution in [0.25, 0.3) is 0 Å². The van der Waals surface area contributed by atoms with Gasteiger partial charge >= 0.3 is 0 Å². The predicted molar refractivity (Wildman–Crippen MR) is 103 cm³/mol. The zero-order valence-corrected chi connectivity index (χ0v) is 15.9. The molecular weight excluding hydrogens is 358 g/mol. The van der Waals surface area contributed by atoms with Crippen molar-refractivity contribution >= 4 is 39.1 Å². The zero-order valence-electron chi connectivity index (χ0n) is 14.3. The number of carbonyl (C=O) groups excluding carboxylic acids is 1. The van der Waals surface area contributed by atoms with Gasteiger partial charge in [-0.1, -0.05) is 12.1 Å². The van der Waals surface area contributed by atoms with Crippen LogP contribution in [0.15, 0.2) is 58.3 Å². The fourth-order valence-electron chi connectivity index (χ4n) is 2.07. The summed E-state index contributed by atoms with van der Waals surface area (Å²) in [5.41, 5.74) is 1.29. The summed E-state index contributed by atoms with van der Waals surface area (Å²) >= 11 is 1.60. The first-order valence-corrected chi connectivity index (χ1v) is 10.2. The van der Waals surface area contributed by atoms with Crippen LogP contribution in [-0.4, -0.2) is 45.5 Å². The van der Waals surface area contributed by atoms with Crippen LogP contribution in [0.2, 0.25) is 0 Å². The highest BCUT2D eigenvalue weighted by molar-refractivity contribution is 7.98. The molecular formula is C17H21N3O3S2. The van der Waals surface area contributed by atoms with Crippen molar-refractivity contribution in [2.24, 2.45) is 0 Å². The van der Waals surface area contributed by atoms with Crippen LogP contribution in [0.4, 0.5) is 11.4 Å². The second kappa shape index (κ2) is 8.37. The molecule has 2 N–H and O–H groups in total. The maximum Gasteiger partial charge on any atom is 0.243 e. The molecule has 2 aromatic carbocycles. The van der Waals surface area contributed by atoms with E-state index in [0.717, 1.165) is 14.9 Å². The number of anilines is 2. The first-order valence-electron chi connectivity index (χ1n) is 7.53. The minimum absolute atomic E-state index is 0.0367. The van der Waals surface area contributed by atoms with Gasteiger partial charge in [-0.25, -0.2) is 12.7 Å². The van der Waals surface area contributed by atoms with Gasteiger partial charge in [0.15, 0.2) is 0 Å². The van der Waals surface area contributed by atoms with Gasteiger partial charge in [0.2, 0.25) is 15.9 Å². The van der Waals surface area contributed by atoms with E-state index in [-0.39, 0.29) is 17.3 Å². The van der Waals surface area contributed by atoms with E-state index in [1.165, 1.54) is 26.2 Å². The molecule has 2 rings (SSSR count). The van der Waals surface area contributed by atoms with Crippen molar-refractivity contribution < 1.29 is 13.2 Å². The van der Waals surface area contributed by atoms with Crippen molar-refractivity contribution in [3.05, 3.63) is 48.5 Å². The second-order valence-corrected chi connectivity index (χ2v) is 8.48. The molecule has 0 saturated heterocycles. The Balaban J connectivity index is 2.00. The standard InChI is InChI=1S/C17H21N3O3S2/c1-20(2)25(22,23)16-9-5-6-13(11-16)18-12-17(21)19-14-7-4-8-15(10-14)24-3/h4-11,18H,12H2,1-3H3,(H,19,21). The lowest BCUT2D eigenvalue weighted by Crippen LogP contribution is -2.23. The summed E-state index contributed by atoms with van der Waals surface area (Å²) in [6, 6.07) is 14.0. The summed E-state index contributed by atoms with van der Waals surface area (Å²) in [4.78, 5) is 13.3. The van der Waals surface area contributed by atoms with Crippen molar-refractivity contribution in [1.82, 2.24) is 4.31 Å². The fourth-order valence-corrected chi connectivity index (χ4v) is 3.47. The Morgan fingerprint density at radius 2 is 1.76 bits per heavy atom. The SMILES string of the molecule is CSc1cccc(NC(=O)CNc2cccc(S(=O)(=O)N(C)C)c2)c1. The van der Waals surface area contributed by atoms with Gasteiger partial charge in [0.25, 0.3) is 0 Å². The predicted octanol–water partition coefficient (Wildman–Crippen LogP) is 2.71. The first-order chi connectivity index (χ1) is 11.8. The van der Waals surface area contributed by atoms with Crippen molar-refractivity contribution in [1.29, 1.82) is 0 Å². The Morgan fingerprint density at radius 3 is 2.44 bits per heavy atom. The van der Waals surface area contributed by atoms with Crippen molar-refractivity contribution in [2.45, 2.75) is 9.79 Å². The molecule has 0 aliphatic heterocycles. The Hall–Kier alpha value is -2.03. The van der Waals surface area contributed by atoms with E-state index >= 15 is 0 Å². The summed E-state index contributed by atoms with van der Waals surface area (Å²) in [6.45, 7) is 0.0367. The van der Waals surface area contributed by atoms with Crippen LogP contribution in [0.1, 0.15) is 0 Å². The molecule has 0 unspecified atom stereocenters. The molecule has 0 saturated carbocycles. The maximum atomic E-state index is 12.1. The first kappa shape index (κ1) is 19.3. The molecule has 0 radical (unpaired) electrons. The van der Waals surface area contributed by atoms with E-state index in [1.807, 2.05) is 30.5 Å². The van der Waals surface area contributed by atoms with E-state index in [1.54, 1.807) is 23.9 Å². The van der Waals surface area contributed by atoms with Crippen LogP contribution >= 0.6 is 11.8 Å². The van der Waals surface area contributed by atoms with Crippen LogP contribution in [0, 0.1) is 0 Å². The van der Waals surface area contributed by atoms with E-state index in [4.69, 9.17) is 0 Å². The second-order valence-electron chi connectivity index (χ2n) is 5.45. The molecule has 8 heteroatoms. The smallest absolute Gasteiger partial charge is 0.243 e. The van der Waals surface area contributed by atoms with Gasteiger partial charge in [-0.2, -0.15) is 0 Å². The van der Waals surface area contributed by atoms with Crippen molar-refractivity contribution in [2.75, 3.05) is 37.5 Å². The van der Waals surface area contributed by atoms with Gasteiger partial charge < -0.3 is 10.6 Å². The van der Waals surface area contributed by atoms with E-state index < -0.39 is 10.0 Å². The molecule has 6 nitrogen and oxygen atoms in total. The van der Waals surface area contributed by atoms with Gasteiger partial charge in [0.1, 0.15) is 0 Å². The summed E-state index contributed by atoms with van der Waals surface area (Å²) in [7, 11) is -0.548. The minimum atomic E-state index is -3.50. The molecule has 0 heterocycles. The topological polar surface area (TPSA) is 78.5 Å². The lowest BCUT2D eigenvalue weighted by Gasteiger charge is -2.13. The quantitative estimate of drug-likeness (QED) is 0.723. The summed E-state index contributed by atoms with van der Waals surface area (Å²) in [6.07, 6.45) is 1.97. The zero-order chi connectivity index (χ0) is 18.4. The molecule has 0 spiro atoms. The average Bonchev–Trinajstić information content (AvgIpc) is 2.60. The Kier molecular flexibility index (Phi) is 6.46. The Morgan fingerprint density at radius 1 is 1.08 bits per heavy atom. The number of rotatable bonds is 7. The van der Waals surface area contributed by atoms with Crippen molar-refractivity contribution in [3.8, 4) is 0 Å². The van der Waals surface area contributed by atoms with Crippen LogP contribution in [0.3, 0.4) is 0 Å². The highest BCUT2D eigenvalue weighted by atomic mass is 32.2. The van der Waals surface area contributed by atoms with Gasteiger partial charge in [-0.15, -0.1) is 11.8 Å². The number of sulfonamides is 1. The molecule has 0 aliphatic rings. The Bertz CT molecular complexity index is 852. The fraction of sp³-hybridized carbons (Fsp3) is 0.235. The molecule has 0 fully saturated rings. The Labute approximate surface area is 152 Å². The summed E-state index contributed by atoms with van der Waals surface area (Å²) in [5, 5.41) is 5.75. The third-order valence-electron chi connectivity index (χ3n) is 3.42. The highest BCUT2D eigenvalue weighted by Crippen LogP contribution is 2.19. The largest absolute Gasteiger partial charge is 0.376 e. The lowest BCUT2D eigenvalue weighted by atomic mass is 10.3. The minimum Gasteiger partial charge on any atom is -0.376 e. The molecule has 1 amide bonds. The number of hydrogen-bond donors (Lipinski definition) is 2. The lowest BCUT2D eigenvalue weighted by molar-refractivity contribution is -0.114. The normalized spacial score (nSPS) is 11.4. The number of nitrogens with one attached hydrogen (secondary N) is 2. The number of thioether (sulfide) groups is 1. The molecule has 0 aromatic heterocycles. The molecule has 0 bridgehead atoms. The van der Waals surface area contributed by atoms with Gasteiger partial charge in [-0.05, 0) is 42.7 Å². The summed E-state index contributed by atoms with van der Waals surface area (Å²) in [5.74, 6) is -0.209. The van der Waals surface area contributed by atoms with E-state index in [2.05, 4.69) is 10.6 Å². The third-order valence-corrected chi connectivity index (χ3v) is 5.96. The molecule has 0 atom stereocenters. The monoisotopic (exact) mass is 379 g/mol. The van der Waals surface area contributed by atoms with E-state index in [0.29, 0.717) is 5.69 Å². The number of nitrogens with zero attached hydrogens (tertiary/aromatic N) is 1. The molecule has 25 heavy (non-hydrogen) atoms. The number of hydrogen-bond acceptors (Lipinski definition) is 5. The van der Waals surface area contributed by atoms with Crippen LogP contribution in [0.5, 0.6) is 0 Å². The van der Waals surface area contributed by atoms with E-state index in [9.17, 15) is 13.2 Å². The molecule has 2 aromatic rings. The van der Waals surface area contributed by atoms with Gasteiger partial charge in [0.05, 0.1) is 11.4 Å². The number of carbonyl (C=O) groups is 1. The highest BCUT2D eigenvalue weighted by Gasteiger charge is 2.17. The molecule has 0 aliphatic carbocycles. The van der Waals surface area contributed by atoms with Gasteiger partial charge in [-0.3, -0.25) is 4.79 Å². The van der Waals surface area contributed by atoms with Crippen molar-refractivity contribution in [3.63, 3.8) is 0 Å². The van der Waals surface area contributed by atoms with Crippen LogP contribution < -0.4 is 10.6 Å². The maximum absolute atomic E-state index is 12.1. The number of benzene rings is 2. The molecule has 134 valence electrons. The van der Waals surface area contributed by atoms with Gasteiger partial charge in [0, 0.05) is 30.4 Å². The third kappa shape index (κ3) is 5.22. The average molecular weight is 380 g/mol.